The van der Waals surface area contributed by atoms with Crippen LogP contribution in [0.5, 0.6) is 0 Å². The fraction of sp³-hybridized carbons (Fsp3) is 0.357. The molecular formula is C14H18ClN5. The summed E-state index contributed by atoms with van der Waals surface area (Å²) in [5, 5.41) is 3.39. The highest BCUT2D eigenvalue weighted by atomic mass is 35.5. The Balaban J connectivity index is 2.14. The number of aryl methyl sites for hydroxylation is 1. The van der Waals surface area contributed by atoms with Crippen molar-refractivity contribution >= 4 is 23.5 Å². The minimum atomic E-state index is 0.190. The van der Waals surface area contributed by atoms with Crippen LogP contribution in [-0.4, -0.2) is 29.0 Å². The zero-order chi connectivity index (χ0) is 14.5. The molecule has 0 bridgehead atoms. The van der Waals surface area contributed by atoms with Gasteiger partial charge >= 0.3 is 0 Å². The van der Waals surface area contributed by atoms with E-state index in [1.807, 2.05) is 26.2 Å². The summed E-state index contributed by atoms with van der Waals surface area (Å²) >= 11 is 5.91. The number of rotatable bonds is 5. The van der Waals surface area contributed by atoms with Gasteiger partial charge in [-0.25, -0.2) is 0 Å². The Hall–Kier alpha value is -1.88. The summed E-state index contributed by atoms with van der Waals surface area (Å²) in [6.07, 6.45) is 0.999. The van der Waals surface area contributed by atoms with Gasteiger partial charge in [-0.05, 0) is 29.1 Å². The van der Waals surface area contributed by atoms with E-state index in [9.17, 15) is 0 Å². The minimum Gasteiger partial charge on any atom is -0.350 e. The van der Waals surface area contributed by atoms with Gasteiger partial charge in [0.05, 0.1) is 0 Å². The lowest BCUT2D eigenvalue weighted by atomic mass is 10.1. The monoisotopic (exact) mass is 291 g/mol. The third kappa shape index (κ3) is 3.57. The average Bonchev–Trinajstić information content (AvgIpc) is 2.44. The molecule has 0 aliphatic rings. The first-order valence-corrected chi connectivity index (χ1v) is 6.87. The van der Waals surface area contributed by atoms with Crippen molar-refractivity contribution in [2.75, 3.05) is 24.3 Å². The lowest BCUT2D eigenvalue weighted by Crippen LogP contribution is -2.15. The van der Waals surface area contributed by atoms with Crippen LogP contribution in [0, 0.1) is 0 Å². The fourth-order valence-electron chi connectivity index (χ4n) is 1.87. The Morgan fingerprint density at radius 3 is 2.45 bits per heavy atom. The van der Waals surface area contributed by atoms with E-state index in [4.69, 9.17) is 11.6 Å². The van der Waals surface area contributed by atoms with Crippen LogP contribution >= 0.6 is 11.6 Å². The number of benzene rings is 1. The van der Waals surface area contributed by atoms with Crippen LogP contribution in [0.1, 0.15) is 18.1 Å². The first-order chi connectivity index (χ1) is 9.60. The number of hydrogen-bond acceptors (Lipinski definition) is 5. The molecule has 0 amide bonds. The highest BCUT2D eigenvalue weighted by molar-refractivity contribution is 6.28. The molecule has 0 fully saturated rings. The standard InChI is InChI=1S/C14H18ClN5/c1-4-10-7-5-6-8-11(10)9-16-13-17-12(15)18-14(19-13)20(2)3/h5-8H,4,9H2,1-3H3,(H,16,17,18,19). The molecular weight excluding hydrogens is 274 g/mol. The van der Waals surface area contributed by atoms with Crippen molar-refractivity contribution in [2.45, 2.75) is 19.9 Å². The molecule has 0 atom stereocenters. The van der Waals surface area contributed by atoms with Gasteiger partial charge in [0.1, 0.15) is 0 Å². The normalized spacial score (nSPS) is 10.4. The Morgan fingerprint density at radius 2 is 1.80 bits per heavy atom. The minimum absolute atomic E-state index is 0.190. The number of nitrogens with one attached hydrogen (secondary N) is 1. The van der Waals surface area contributed by atoms with Gasteiger partial charge in [-0.2, -0.15) is 15.0 Å². The maximum atomic E-state index is 5.91. The van der Waals surface area contributed by atoms with E-state index < -0.39 is 0 Å². The summed E-state index contributed by atoms with van der Waals surface area (Å²) in [6, 6.07) is 8.30. The van der Waals surface area contributed by atoms with Gasteiger partial charge in [-0.1, -0.05) is 31.2 Å². The molecule has 6 heteroatoms. The lowest BCUT2D eigenvalue weighted by molar-refractivity contribution is 0.937. The molecule has 20 heavy (non-hydrogen) atoms. The van der Waals surface area contributed by atoms with Crippen molar-refractivity contribution < 1.29 is 0 Å². The van der Waals surface area contributed by atoms with Crippen LogP contribution < -0.4 is 10.2 Å². The van der Waals surface area contributed by atoms with Crippen LogP contribution in [0.25, 0.3) is 0 Å². The zero-order valence-electron chi connectivity index (χ0n) is 11.9. The fourth-order valence-corrected chi connectivity index (χ4v) is 2.02. The van der Waals surface area contributed by atoms with Crippen molar-refractivity contribution in [3.63, 3.8) is 0 Å². The van der Waals surface area contributed by atoms with Crippen molar-refractivity contribution in [1.82, 2.24) is 15.0 Å². The second kappa shape index (κ2) is 6.52. The molecule has 0 aliphatic heterocycles. The molecule has 1 N–H and O–H groups in total. The molecule has 2 aromatic rings. The number of anilines is 2. The van der Waals surface area contributed by atoms with Crippen LogP contribution in [0.4, 0.5) is 11.9 Å². The molecule has 1 heterocycles. The summed E-state index contributed by atoms with van der Waals surface area (Å²) in [4.78, 5) is 14.2. The number of halogens is 1. The maximum Gasteiger partial charge on any atom is 0.230 e. The summed E-state index contributed by atoms with van der Waals surface area (Å²) in [5.74, 6) is 1.02. The Morgan fingerprint density at radius 1 is 1.10 bits per heavy atom. The number of aromatic nitrogens is 3. The average molecular weight is 292 g/mol. The molecule has 0 unspecified atom stereocenters. The molecule has 1 aromatic carbocycles. The van der Waals surface area contributed by atoms with E-state index in [0.717, 1.165) is 6.42 Å². The van der Waals surface area contributed by atoms with Crippen molar-refractivity contribution in [3.05, 3.63) is 40.7 Å². The third-order valence-corrected chi connectivity index (χ3v) is 3.10. The van der Waals surface area contributed by atoms with E-state index in [0.29, 0.717) is 18.4 Å². The Bertz CT molecular complexity index is 586. The molecule has 1 aromatic heterocycles. The SMILES string of the molecule is CCc1ccccc1CNc1nc(Cl)nc(N(C)C)n1. The van der Waals surface area contributed by atoms with Gasteiger partial charge < -0.3 is 10.2 Å². The Labute approximate surface area is 124 Å². The highest BCUT2D eigenvalue weighted by Gasteiger charge is 2.07. The van der Waals surface area contributed by atoms with Gasteiger partial charge in [-0.3, -0.25) is 0 Å². The predicted octanol–water partition coefficient (Wildman–Crippen LogP) is 2.77. The summed E-state index contributed by atoms with van der Waals surface area (Å²) in [6.45, 7) is 2.81. The van der Waals surface area contributed by atoms with Crippen molar-refractivity contribution in [3.8, 4) is 0 Å². The van der Waals surface area contributed by atoms with Gasteiger partial charge in [0.15, 0.2) is 0 Å². The van der Waals surface area contributed by atoms with Crippen molar-refractivity contribution in [2.24, 2.45) is 0 Å². The molecule has 0 saturated heterocycles. The molecule has 0 saturated carbocycles. The quantitative estimate of drug-likeness (QED) is 0.918. The largest absolute Gasteiger partial charge is 0.350 e. The maximum absolute atomic E-state index is 5.91. The molecule has 0 radical (unpaired) electrons. The highest BCUT2D eigenvalue weighted by Crippen LogP contribution is 2.14. The van der Waals surface area contributed by atoms with E-state index in [1.165, 1.54) is 11.1 Å². The molecule has 0 spiro atoms. The predicted molar refractivity (Wildman–Crippen MR) is 82.3 cm³/mol. The molecule has 106 valence electrons. The van der Waals surface area contributed by atoms with Crippen LogP contribution in [0.3, 0.4) is 0 Å². The number of nitrogens with zero attached hydrogens (tertiary/aromatic N) is 4. The summed E-state index contributed by atoms with van der Waals surface area (Å²) in [5.41, 5.74) is 2.55. The van der Waals surface area contributed by atoms with E-state index in [2.05, 4.69) is 39.3 Å². The summed E-state index contributed by atoms with van der Waals surface area (Å²) < 4.78 is 0. The number of hydrogen-bond donors (Lipinski definition) is 1. The molecule has 0 aliphatic carbocycles. The van der Waals surface area contributed by atoms with E-state index >= 15 is 0 Å². The van der Waals surface area contributed by atoms with Crippen LogP contribution in [0.2, 0.25) is 5.28 Å². The van der Waals surface area contributed by atoms with Gasteiger partial charge in [0, 0.05) is 20.6 Å². The zero-order valence-corrected chi connectivity index (χ0v) is 12.6. The van der Waals surface area contributed by atoms with E-state index in [-0.39, 0.29) is 5.28 Å². The second-order valence-electron chi connectivity index (χ2n) is 4.60. The molecule has 2 rings (SSSR count). The lowest BCUT2D eigenvalue weighted by Gasteiger charge is -2.13. The first kappa shape index (κ1) is 14.5. The first-order valence-electron chi connectivity index (χ1n) is 6.49. The van der Waals surface area contributed by atoms with Crippen molar-refractivity contribution in [1.29, 1.82) is 0 Å². The summed E-state index contributed by atoms with van der Waals surface area (Å²) in [7, 11) is 3.73. The second-order valence-corrected chi connectivity index (χ2v) is 4.94. The van der Waals surface area contributed by atoms with Crippen LogP contribution in [0.15, 0.2) is 24.3 Å². The van der Waals surface area contributed by atoms with Gasteiger partial charge in [0.2, 0.25) is 17.2 Å². The van der Waals surface area contributed by atoms with Gasteiger partial charge in [-0.15, -0.1) is 0 Å². The Kier molecular flexibility index (Phi) is 4.74. The van der Waals surface area contributed by atoms with Crippen LogP contribution in [-0.2, 0) is 13.0 Å². The molecule has 5 nitrogen and oxygen atoms in total. The van der Waals surface area contributed by atoms with E-state index in [1.54, 1.807) is 4.90 Å². The van der Waals surface area contributed by atoms with Gasteiger partial charge in [0.25, 0.3) is 0 Å². The smallest absolute Gasteiger partial charge is 0.230 e. The topological polar surface area (TPSA) is 53.9 Å². The third-order valence-electron chi connectivity index (χ3n) is 2.93.